The van der Waals surface area contributed by atoms with Crippen molar-refractivity contribution >= 4 is 11.6 Å². The molecule has 17 heavy (non-hydrogen) atoms. The first-order chi connectivity index (χ1) is 8.18. The molecule has 0 saturated heterocycles. The van der Waals surface area contributed by atoms with E-state index in [2.05, 4.69) is 6.92 Å². The van der Waals surface area contributed by atoms with Crippen LogP contribution in [-0.2, 0) is 6.42 Å². The summed E-state index contributed by atoms with van der Waals surface area (Å²) in [6.07, 6.45) is 6.34. The zero-order chi connectivity index (χ0) is 12.3. The van der Waals surface area contributed by atoms with E-state index >= 15 is 0 Å². The third-order valence-electron chi connectivity index (χ3n) is 4.38. The molecule has 2 heteroatoms. The first-order valence-corrected chi connectivity index (χ1v) is 6.97. The van der Waals surface area contributed by atoms with Gasteiger partial charge >= 0.3 is 0 Å². The molecule has 1 aromatic rings. The van der Waals surface area contributed by atoms with Crippen LogP contribution in [0.3, 0.4) is 0 Å². The third kappa shape index (κ3) is 2.66. The van der Waals surface area contributed by atoms with Crippen LogP contribution < -0.4 is 0 Å². The molecule has 2 rings (SSSR count). The van der Waals surface area contributed by atoms with Gasteiger partial charge in [0.15, 0.2) is 0 Å². The van der Waals surface area contributed by atoms with Gasteiger partial charge in [-0.1, -0.05) is 49.6 Å². The topological polar surface area (TPSA) is 20.2 Å². The lowest BCUT2D eigenvalue weighted by molar-refractivity contribution is 0.0257. The molecule has 1 nitrogen and oxygen atoms in total. The lowest BCUT2D eigenvalue weighted by atomic mass is 9.76. The largest absolute Gasteiger partial charge is 0.392 e. The Labute approximate surface area is 109 Å². The van der Waals surface area contributed by atoms with Gasteiger partial charge in [-0.25, -0.2) is 0 Å². The maximum atomic E-state index is 10.5. The first kappa shape index (κ1) is 12.9. The van der Waals surface area contributed by atoms with Crippen molar-refractivity contribution < 1.29 is 5.11 Å². The third-order valence-corrected chi connectivity index (χ3v) is 4.75. The molecule has 1 N–H and O–H groups in total. The maximum absolute atomic E-state index is 10.5. The predicted molar refractivity (Wildman–Crippen MR) is 72.4 cm³/mol. The fourth-order valence-corrected chi connectivity index (χ4v) is 3.30. The highest BCUT2D eigenvalue weighted by atomic mass is 35.5. The normalized spacial score (nSPS) is 20.4. The quantitative estimate of drug-likeness (QED) is 0.851. The van der Waals surface area contributed by atoms with E-state index in [1.54, 1.807) is 0 Å². The maximum Gasteiger partial charge on any atom is 0.0637 e. The molecular formula is C15H21ClO. The highest BCUT2D eigenvalue weighted by Gasteiger charge is 2.38. The van der Waals surface area contributed by atoms with Crippen LogP contribution in [0.15, 0.2) is 24.3 Å². The van der Waals surface area contributed by atoms with Gasteiger partial charge in [0.2, 0.25) is 0 Å². The Balaban J connectivity index is 2.10. The minimum Gasteiger partial charge on any atom is -0.392 e. The molecule has 0 heterocycles. The minimum absolute atomic E-state index is 0.138. The van der Waals surface area contributed by atoms with Crippen molar-refractivity contribution in [3.8, 4) is 0 Å². The number of hydrogen-bond acceptors (Lipinski definition) is 1. The van der Waals surface area contributed by atoms with E-state index in [1.807, 2.05) is 24.3 Å². The summed E-state index contributed by atoms with van der Waals surface area (Å²) in [4.78, 5) is 0. The lowest BCUT2D eigenvalue weighted by Gasteiger charge is -2.33. The molecule has 1 aliphatic rings. The predicted octanol–water partition coefficient (Wildman–Crippen LogP) is 4.21. The summed E-state index contributed by atoms with van der Waals surface area (Å²) >= 11 is 6.15. The van der Waals surface area contributed by atoms with Crippen LogP contribution in [0.25, 0.3) is 0 Å². The van der Waals surface area contributed by atoms with Gasteiger partial charge in [-0.15, -0.1) is 0 Å². The molecule has 94 valence electrons. The fraction of sp³-hybridized carbons (Fsp3) is 0.600. The molecule has 0 aliphatic heterocycles. The summed E-state index contributed by atoms with van der Waals surface area (Å²) in [7, 11) is 0. The van der Waals surface area contributed by atoms with Crippen molar-refractivity contribution in [2.24, 2.45) is 5.41 Å². The van der Waals surface area contributed by atoms with Gasteiger partial charge in [0.05, 0.1) is 6.10 Å². The molecule has 1 unspecified atom stereocenters. The summed E-state index contributed by atoms with van der Waals surface area (Å²) in [5.41, 5.74) is 1.21. The summed E-state index contributed by atoms with van der Waals surface area (Å²) < 4.78 is 0. The van der Waals surface area contributed by atoms with Crippen LogP contribution >= 0.6 is 11.6 Å². The van der Waals surface area contributed by atoms with Crippen molar-refractivity contribution in [2.75, 3.05) is 0 Å². The highest BCUT2D eigenvalue weighted by Crippen LogP contribution is 2.44. The molecule has 0 aromatic heterocycles. The Hall–Kier alpha value is -0.530. The second kappa shape index (κ2) is 5.41. The Bertz CT molecular complexity index is 369. The van der Waals surface area contributed by atoms with Crippen LogP contribution in [0, 0.1) is 5.41 Å². The van der Waals surface area contributed by atoms with E-state index in [0.29, 0.717) is 6.42 Å². The first-order valence-electron chi connectivity index (χ1n) is 6.59. The number of rotatable bonds is 4. The smallest absolute Gasteiger partial charge is 0.0637 e. The molecular weight excluding hydrogens is 232 g/mol. The Morgan fingerprint density at radius 1 is 1.29 bits per heavy atom. The van der Waals surface area contributed by atoms with Crippen LogP contribution in [0.1, 0.15) is 44.6 Å². The number of aliphatic hydroxyl groups is 1. The van der Waals surface area contributed by atoms with Gasteiger partial charge < -0.3 is 5.11 Å². The number of hydrogen-bond donors (Lipinski definition) is 1. The van der Waals surface area contributed by atoms with Crippen LogP contribution in [0.5, 0.6) is 0 Å². The lowest BCUT2D eigenvalue weighted by Crippen LogP contribution is -2.33. The summed E-state index contributed by atoms with van der Waals surface area (Å²) in [5, 5.41) is 11.3. The van der Waals surface area contributed by atoms with Crippen molar-refractivity contribution in [3.63, 3.8) is 0 Å². The average Bonchev–Trinajstić information content (AvgIpc) is 2.82. The van der Waals surface area contributed by atoms with E-state index in [1.165, 1.54) is 12.8 Å². The number of halogens is 1. The Morgan fingerprint density at radius 2 is 1.94 bits per heavy atom. The standard InChI is InChI=1S/C15H21ClO/c1-2-15(9-5-6-10-15)14(17)11-12-7-3-4-8-13(12)16/h3-4,7-8,14,17H,2,5-6,9-11H2,1H3. The minimum atomic E-state index is -0.255. The monoisotopic (exact) mass is 252 g/mol. The van der Waals surface area contributed by atoms with E-state index in [0.717, 1.165) is 29.8 Å². The molecule has 1 atom stereocenters. The van der Waals surface area contributed by atoms with E-state index < -0.39 is 0 Å². The molecule has 0 spiro atoms. The second-order valence-corrected chi connectivity index (χ2v) is 5.64. The van der Waals surface area contributed by atoms with Gasteiger partial charge in [-0.2, -0.15) is 0 Å². The van der Waals surface area contributed by atoms with Crippen molar-refractivity contribution in [3.05, 3.63) is 34.9 Å². The van der Waals surface area contributed by atoms with Gasteiger partial charge in [-0.05, 0) is 36.3 Å². The van der Waals surface area contributed by atoms with Crippen molar-refractivity contribution in [1.82, 2.24) is 0 Å². The van der Waals surface area contributed by atoms with Crippen LogP contribution in [-0.4, -0.2) is 11.2 Å². The zero-order valence-corrected chi connectivity index (χ0v) is 11.2. The molecule has 0 radical (unpaired) electrons. The Morgan fingerprint density at radius 3 is 2.53 bits per heavy atom. The molecule has 0 amide bonds. The SMILES string of the molecule is CCC1(C(O)Cc2ccccc2Cl)CCCC1. The summed E-state index contributed by atoms with van der Waals surface area (Å²) in [6.45, 7) is 2.20. The van der Waals surface area contributed by atoms with Crippen LogP contribution in [0.2, 0.25) is 5.02 Å². The highest BCUT2D eigenvalue weighted by molar-refractivity contribution is 6.31. The molecule has 0 bridgehead atoms. The van der Waals surface area contributed by atoms with Gasteiger partial charge in [0, 0.05) is 11.4 Å². The number of aliphatic hydroxyl groups excluding tert-OH is 1. The van der Waals surface area contributed by atoms with E-state index in [-0.39, 0.29) is 11.5 Å². The van der Waals surface area contributed by atoms with Gasteiger partial charge in [-0.3, -0.25) is 0 Å². The fourth-order valence-electron chi connectivity index (χ4n) is 3.09. The molecule has 1 aliphatic carbocycles. The molecule has 1 fully saturated rings. The van der Waals surface area contributed by atoms with Gasteiger partial charge in [0.25, 0.3) is 0 Å². The Kier molecular flexibility index (Phi) is 4.11. The van der Waals surface area contributed by atoms with Crippen LogP contribution in [0.4, 0.5) is 0 Å². The van der Waals surface area contributed by atoms with Crippen molar-refractivity contribution in [2.45, 2.75) is 51.6 Å². The van der Waals surface area contributed by atoms with E-state index in [9.17, 15) is 5.11 Å². The van der Waals surface area contributed by atoms with E-state index in [4.69, 9.17) is 11.6 Å². The average molecular weight is 253 g/mol. The molecule has 1 saturated carbocycles. The zero-order valence-electron chi connectivity index (χ0n) is 10.5. The molecule has 1 aromatic carbocycles. The van der Waals surface area contributed by atoms with Gasteiger partial charge in [0.1, 0.15) is 0 Å². The summed E-state index contributed by atoms with van der Waals surface area (Å²) in [6, 6.07) is 7.84. The number of benzene rings is 1. The second-order valence-electron chi connectivity index (χ2n) is 5.23. The summed E-state index contributed by atoms with van der Waals surface area (Å²) in [5.74, 6) is 0. The van der Waals surface area contributed by atoms with Crippen molar-refractivity contribution in [1.29, 1.82) is 0 Å².